The number of fused-ring (bicyclic) bond motifs is 1. The molecule has 1 heteroatoms. The highest BCUT2D eigenvalue weighted by atomic mass is 32.1. The van der Waals surface area contributed by atoms with E-state index in [1.165, 1.54) is 32.1 Å². The van der Waals surface area contributed by atoms with E-state index in [1.54, 1.807) is 0 Å². The average Bonchev–Trinajstić information content (AvgIpc) is 2.92. The summed E-state index contributed by atoms with van der Waals surface area (Å²) in [5.74, 6) is 8.46. The fourth-order valence-corrected chi connectivity index (χ4v) is 7.28. The van der Waals surface area contributed by atoms with Crippen LogP contribution in [-0.4, -0.2) is 5.25 Å². The number of hydrogen-bond donors (Lipinski definition) is 1. The first kappa shape index (κ1) is 21.6. The number of hydrogen-bond acceptors (Lipinski definition) is 1. The summed E-state index contributed by atoms with van der Waals surface area (Å²) in [5.41, 5.74) is 0. The minimum absolute atomic E-state index is 0.604. The average molecular weight is 367 g/mol. The van der Waals surface area contributed by atoms with Gasteiger partial charge in [-0.2, -0.15) is 12.6 Å². The van der Waals surface area contributed by atoms with Crippen molar-refractivity contribution in [1.82, 2.24) is 0 Å². The van der Waals surface area contributed by atoms with Crippen molar-refractivity contribution in [1.29, 1.82) is 0 Å². The third-order valence-corrected chi connectivity index (χ3v) is 9.87. The molecule has 0 bridgehead atoms. The summed E-state index contributed by atoms with van der Waals surface area (Å²) in [6.45, 7) is 20.1. The van der Waals surface area contributed by atoms with Gasteiger partial charge in [0.15, 0.2) is 0 Å². The van der Waals surface area contributed by atoms with Crippen LogP contribution in [0.1, 0.15) is 87.5 Å². The van der Waals surface area contributed by atoms with Gasteiger partial charge in [-0.25, -0.2) is 0 Å². The van der Waals surface area contributed by atoms with Crippen molar-refractivity contribution < 1.29 is 0 Å². The van der Waals surface area contributed by atoms with E-state index in [1.807, 2.05) is 0 Å². The van der Waals surface area contributed by atoms with Crippen LogP contribution in [0.15, 0.2) is 0 Å². The molecule has 0 N–H and O–H groups in total. The quantitative estimate of drug-likeness (QED) is 0.489. The molecule has 2 rings (SSSR count). The highest BCUT2D eigenvalue weighted by Gasteiger charge is 2.48. The summed E-state index contributed by atoms with van der Waals surface area (Å²) in [7, 11) is 0. The van der Waals surface area contributed by atoms with E-state index >= 15 is 0 Å². The summed E-state index contributed by atoms with van der Waals surface area (Å²) >= 11 is 5.23. The molecule has 0 aromatic carbocycles. The summed E-state index contributed by atoms with van der Waals surface area (Å²) in [6, 6.07) is 0. The van der Waals surface area contributed by atoms with Gasteiger partial charge in [0.2, 0.25) is 0 Å². The van der Waals surface area contributed by atoms with Crippen LogP contribution in [-0.2, 0) is 0 Å². The van der Waals surface area contributed by atoms with Crippen LogP contribution in [0.5, 0.6) is 0 Å². The SMILES string of the molecule is CCCCC1CC2C(S)CC(C)C(C)C(C)C(C)C(C)C(C)C2C1C. The Morgan fingerprint density at radius 3 is 1.88 bits per heavy atom. The molecule has 0 saturated heterocycles. The Hall–Kier alpha value is 0.350. The van der Waals surface area contributed by atoms with Crippen molar-refractivity contribution >= 4 is 12.6 Å². The maximum atomic E-state index is 5.23. The Bertz CT molecular complexity index is 405. The standard InChI is InChI=1S/C24H46S/c1-9-10-11-21-13-22-23(25)12-14(2)15(3)16(4)17(5)18(6)19(7)24(22)20(21)8/h14-25H,9-13H2,1-8H3. The minimum Gasteiger partial charge on any atom is -0.176 e. The van der Waals surface area contributed by atoms with Crippen molar-refractivity contribution in [2.24, 2.45) is 59.2 Å². The van der Waals surface area contributed by atoms with Gasteiger partial charge in [0.25, 0.3) is 0 Å². The van der Waals surface area contributed by atoms with Gasteiger partial charge in [-0.05, 0) is 72.0 Å². The topological polar surface area (TPSA) is 0 Å². The van der Waals surface area contributed by atoms with E-state index in [0.29, 0.717) is 5.25 Å². The van der Waals surface area contributed by atoms with E-state index in [-0.39, 0.29) is 0 Å². The van der Waals surface area contributed by atoms with Gasteiger partial charge in [0.05, 0.1) is 0 Å². The Kier molecular flexibility index (Phi) is 7.82. The molecule has 11 unspecified atom stereocenters. The van der Waals surface area contributed by atoms with Gasteiger partial charge in [-0.1, -0.05) is 74.7 Å². The molecular formula is C24H46S. The first-order chi connectivity index (χ1) is 11.7. The molecule has 0 amide bonds. The van der Waals surface area contributed by atoms with E-state index in [2.05, 4.69) is 55.4 Å². The van der Waals surface area contributed by atoms with Crippen LogP contribution in [0.2, 0.25) is 0 Å². The fourth-order valence-electron chi connectivity index (χ4n) is 6.63. The zero-order valence-corrected chi connectivity index (χ0v) is 19.2. The molecule has 0 nitrogen and oxygen atoms in total. The molecule has 25 heavy (non-hydrogen) atoms. The molecule has 2 aliphatic rings. The van der Waals surface area contributed by atoms with Crippen molar-refractivity contribution in [3.05, 3.63) is 0 Å². The first-order valence-electron chi connectivity index (χ1n) is 11.4. The molecule has 0 radical (unpaired) electrons. The second kappa shape index (κ2) is 9.03. The summed E-state index contributed by atoms with van der Waals surface area (Å²) < 4.78 is 0. The van der Waals surface area contributed by atoms with Gasteiger partial charge in [0.1, 0.15) is 0 Å². The first-order valence-corrected chi connectivity index (χ1v) is 11.9. The molecule has 2 saturated carbocycles. The smallest absolute Gasteiger partial charge is 0.00506 e. The van der Waals surface area contributed by atoms with Crippen molar-refractivity contribution in [2.45, 2.75) is 92.7 Å². The van der Waals surface area contributed by atoms with Gasteiger partial charge < -0.3 is 0 Å². The monoisotopic (exact) mass is 366 g/mol. The van der Waals surface area contributed by atoms with E-state index in [4.69, 9.17) is 12.6 Å². The molecule has 0 aromatic heterocycles. The van der Waals surface area contributed by atoms with Crippen LogP contribution >= 0.6 is 12.6 Å². The largest absolute Gasteiger partial charge is 0.176 e. The number of thiol groups is 1. The molecule has 148 valence electrons. The van der Waals surface area contributed by atoms with Crippen LogP contribution in [0, 0.1) is 59.2 Å². The molecule has 0 aromatic rings. The van der Waals surface area contributed by atoms with Crippen LogP contribution in [0.25, 0.3) is 0 Å². The van der Waals surface area contributed by atoms with E-state index in [0.717, 1.165) is 59.2 Å². The predicted molar refractivity (Wildman–Crippen MR) is 116 cm³/mol. The lowest BCUT2D eigenvalue weighted by molar-refractivity contribution is 0.0668. The maximum absolute atomic E-state index is 5.23. The normalized spacial score (nSPS) is 52.0. The molecule has 0 aliphatic heterocycles. The lowest BCUT2D eigenvalue weighted by Crippen LogP contribution is -2.39. The van der Waals surface area contributed by atoms with E-state index in [9.17, 15) is 0 Å². The molecule has 0 heterocycles. The second-order valence-electron chi connectivity index (χ2n) is 10.3. The maximum Gasteiger partial charge on any atom is 0.00506 e. The summed E-state index contributed by atoms with van der Waals surface area (Å²) in [4.78, 5) is 0. The van der Waals surface area contributed by atoms with Gasteiger partial charge in [0, 0.05) is 5.25 Å². The summed E-state index contributed by atoms with van der Waals surface area (Å²) in [5, 5.41) is 0.604. The molecule has 0 spiro atoms. The third kappa shape index (κ3) is 4.44. The molecule has 11 atom stereocenters. The van der Waals surface area contributed by atoms with Crippen molar-refractivity contribution in [3.63, 3.8) is 0 Å². The van der Waals surface area contributed by atoms with Gasteiger partial charge >= 0.3 is 0 Å². The van der Waals surface area contributed by atoms with Crippen molar-refractivity contribution in [3.8, 4) is 0 Å². The van der Waals surface area contributed by atoms with Crippen LogP contribution < -0.4 is 0 Å². The number of unbranched alkanes of at least 4 members (excludes halogenated alkanes) is 1. The zero-order chi connectivity index (χ0) is 18.9. The summed E-state index contributed by atoms with van der Waals surface area (Å²) in [6.07, 6.45) is 6.97. The molecule has 2 aliphatic carbocycles. The van der Waals surface area contributed by atoms with Crippen LogP contribution in [0.3, 0.4) is 0 Å². The van der Waals surface area contributed by atoms with Crippen LogP contribution in [0.4, 0.5) is 0 Å². The lowest BCUT2D eigenvalue weighted by atomic mass is 9.63. The predicted octanol–water partition coefficient (Wildman–Crippen LogP) is 7.58. The van der Waals surface area contributed by atoms with Gasteiger partial charge in [-0.15, -0.1) is 0 Å². The third-order valence-electron chi connectivity index (χ3n) is 9.28. The fraction of sp³-hybridized carbons (Fsp3) is 1.00. The van der Waals surface area contributed by atoms with E-state index < -0.39 is 0 Å². The lowest BCUT2D eigenvalue weighted by Gasteiger charge is -2.44. The Balaban J connectivity index is 2.30. The Morgan fingerprint density at radius 1 is 0.720 bits per heavy atom. The van der Waals surface area contributed by atoms with Crippen molar-refractivity contribution in [2.75, 3.05) is 0 Å². The Labute approximate surface area is 164 Å². The zero-order valence-electron chi connectivity index (χ0n) is 18.3. The Morgan fingerprint density at radius 2 is 1.28 bits per heavy atom. The number of rotatable bonds is 3. The minimum atomic E-state index is 0.604. The highest BCUT2D eigenvalue weighted by Crippen LogP contribution is 2.54. The highest BCUT2D eigenvalue weighted by molar-refractivity contribution is 7.81. The molecule has 2 fully saturated rings. The second-order valence-corrected chi connectivity index (χ2v) is 11.0. The molecular weight excluding hydrogens is 320 g/mol. The van der Waals surface area contributed by atoms with Gasteiger partial charge in [-0.3, -0.25) is 0 Å².